The van der Waals surface area contributed by atoms with E-state index < -0.39 is 0 Å². The number of rotatable bonds is 4. The molecule has 1 aliphatic heterocycles. The van der Waals surface area contributed by atoms with Gasteiger partial charge in [-0.2, -0.15) is 5.10 Å². The number of carbonyl (C=O) groups excluding carboxylic acids is 1. The molecule has 2 aromatic heterocycles. The molecule has 3 rings (SSSR count). The highest BCUT2D eigenvalue weighted by Gasteiger charge is 2.25. The Bertz CT molecular complexity index is 610. The second-order valence-corrected chi connectivity index (χ2v) is 5.57. The van der Waals surface area contributed by atoms with Crippen LogP contribution in [0.3, 0.4) is 0 Å². The Hall–Kier alpha value is -2.21. The molecule has 1 N–H and O–H groups in total. The molecule has 0 saturated carbocycles. The standard InChI is InChI=1S/C16H20N4O2/c1-22-11-16(21)20-6-2-3-13(10-20)15-5-4-12(7-17-15)14-8-18-19-9-14/h4-5,7-9,13H,2-3,6,10-11H2,1H3,(H,18,19). The molecule has 0 aromatic carbocycles. The van der Waals surface area contributed by atoms with Gasteiger partial charge in [-0.1, -0.05) is 6.07 Å². The molecule has 22 heavy (non-hydrogen) atoms. The number of piperidine rings is 1. The summed E-state index contributed by atoms with van der Waals surface area (Å²) in [6.07, 6.45) is 7.57. The van der Waals surface area contributed by atoms with Crippen molar-refractivity contribution in [1.29, 1.82) is 0 Å². The number of hydrogen-bond donors (Lipinski definition) is 1. The first-order valence-electron chi connectivity index (χ1n) is 7.49. The Balaban J connectivity index is 1.69. The van der Waals surface area contributed by atoms with E-state index in [2.05, 4.69) is 27.3 Å². The largest absolute Gasteiger partial charge is 0.375 e. The molecule has 6 heteroatoms. The van der Waals surface area contributed by atoms with Crippen LogP contribution in [0, 0.1) is 0 Å². The molecule has 1 fully saturated rings. The Morgan fingerprint density at radius 1 is 1.41 bits per heavy atom. The molecule has 1 unspecified atom stereocenters. The highest BCUT2D eigenvalue weighted by Crippen LogP contribution is 2.27. The fourth-order valence-corrected chi connectivity index (χ4v) is 2.89. The summed E-state index contributed by atoms with van der Waals surface area (Å²) in [4.78, 5) is 18.4. The summed E-state index contributed by atoms with van der Waals surface area (Å²) >= 11 is 0. The van der Waals surface area contributed by atoms with E-state index in [-0.39, 0.29) is 12.5 Å². The first kappa shape index (κ1) is 14.7. The van der Waals surface area contributed by atoms with Crippen molar-refractivity contribution in [1.82, 2.24) is 20.1 Å². The summed E-state index contributed by atoms with van der Waals surface area (Å²) < 4.78 is 4.94. The molecular formula is C16H20N4O2. The van der Waals surface area contributed by atoms with Crippen molar-refractivity contribution in [2.75, 3.05) is 26.8 Å². The summed E-state index contributed by atoms with van der Waals surface area (Å²) in [5.41, 5.74) is 3.11. The van der Waals surface area contributed by atoms with E-state index in [0.29, 0.717) is 5.92 Å². The molecule has 116 valence electrons. The van der Waals surface area contributed by atoms with E-state index >= 15 is 0 Å². The third-order valence-electron chi connectivity index (χ3n) is 4.08. The molecule has 0 bridgehead atoms. The molecule has 1 amide bonds. The van der Waals surface area contributed by atoms with Crippen LogP contribution >= 0.6 is 0 Å². The first-order valence-corrected chi connectivity index (χ1v) is 7.49. The van der Waals surface area contributed by atoms with Gasteiger partial charge in [-0.3, -0.25) is 14.9 Å². The van der Waals surface area contributed by atoms with Gasteiger partial charge in [0.25, 0.3) is 0 Å². The van der Waals surface area contributed by atoms with Crippen molar-refractivity contribution < 1.29 is 9.53 Å². The number of carbonyl (C=O) groups is 1. The van der Waals surface area contributed by atoms with E-state index in [1.807, 2.05) is 17.3 Å². The van der Waals surface area contributed by atoms with Crippen LogP contribution in [-0.4, -0.2) is 52.8 Å². The van der Waals surface area contributed by atoms with Crippen LogP contribution in [0.2, 0.25) is 0 Å². The Morgan fingerprint density at radius 3 is 3.00 bits per heavy atom. The quantitative estimate of drug-likeness (QED) is 0.935. The van der Waals surface area contributed by atoms with Crippen LogP contribution in [0.15, 0.2) is 30.7 Å². The second kappa shape index (κ2) is 6.70. The monoisotopic (exact) mass is 300 g/mol. The zero-order chi connectivity index (χ0) is 15.4. The van der Waals surface area contributed by atoms with E-state index in [1.54, 1.807) is 13.3 Å². The third-order valence-corrected chi connectivity index (χ3v) is 4.08. The van der Waals surface area contributed by atoms with Crippen molar-refractivity contribution in [3.63, 3.8) is 0 Å². The zero-order valence-corrected chi connectivity index (χ0v) is 12.7. The first-order chi connectivity index (χ1) is 10.8. The number of H-pyrrole nitrogens is 1. The lowest BCUT2D eigenvalue weighted by atomic mass is 9.93. The molecule has 1 aliphatic rings. The molecular weight excluding hydrogens is 280 g/mol. The summed E-state index contributed by atoms with van der Waals surface area (Å²) in [6, 6.07) is 4.11. The minimum absolute atomic E-state index is 0.0576. The van der Waals surface area contributed by atoms with Gasteiger partial charge < -0.3 is 9.64 Å². The van der Waals surface area contributed by atoms with Crippen molar-refractivity contribution in [3.05, 3.63) is 36.4 Å². The topological polar surface area (TPSA) is 71.1 Å². The number of nitrogens with one attached hydrogen (secondary N) is 1. The number of ether oxygens (including phenoxy) is 1. The minimum Gasteiger partial charge on any atom is -0.375 e. The SMILES string of the molecule is COCC(=O)N1CCCC(c2ccc(-c3cn[nH]c3)cn2)C1. The number of aromatic nitrogens is 3. The lowest BCUT2D eigenvalue weighted by molar-refractivity contribution is -0.136. The number of likely N-dealkylation sites (tertiary alicyclic amines) is 1. The van der Waals surface area contributed by atoms with Gasteiger partial charge in [0, 0.05) is 55.3 Å². The predicted octanol–water partition coefficient (Wildman–Crippen LogP) is 1.82. The Labute approximate surface area is 129 Å². The smallest absolute Gasteiger partial charge is 0.248 e. The van der Waals surface area contributed by atoms with Gasteiger partial charge in [0.05, 0.1) is 6.20 Å². The van der Waals surface area contributed by atoms with Crippen molar-refractivity contribution in [2.24, 2.45) is 0 Å². The van der Waals surface area contributed by atoms with E-state index in [0.717, 1.165) is 42.8 Å². The van der Waals surface area contributed by atoms with Crippen LogP contribution in [0.5, 0.6) is 0 Å². The van der Waals surface area contributed by atoms with Gasteiger partial charge in [0.15, 0.2) is 0 Å². The lowest BCUT2D eigenvalue weighted by Gasteiger charge is -2.32. The molecule has 2 aromatic rings. The normalized spacial score (nSPS) is 18.4. The second-order valence-electron chi connectivity index (χ2n) is 5.57. The van der Waals surface area contributed by atoms with Crippen molar-refractivity contribution in [2.45, 2.75) is 18.8 Å². The van der Waals surface area contributed by atoms with Gasteiger partial charge >= 0.3 is 0 Å². The van der Waals surface area contributed by atoms with Crippen molar-refractivity contribution >= 4 is 5.91 Å². The average molecular weight is 300 g/mol. The number of aromatic amines is 1. The highest BCUT2D eigenvalue weighted by molar-refractivity contribution is 5.77. The average Bonchev–Trinajstić information content (AvgIpc) is 3.10. The number of hydrogen-bond acceptors (Lipinski definition) is 4. The maximum atomic E-state index is 12.0. The molecule has 0 spiro atoms. The number of nitrogens with zero attached hydrogens (tertiary/aromatic N) is 3. The summed E-state index contributed by atoms with van der Waals surface area (Å²) in [5.74, 6) is 0.357. The zero-order valence-electron chi connectivity index (χ0n) is 12.7. The number of pyridine rings is 1. The molecule has 0 radical (unpaired) electrons. The third kappa shape index (κ3) is 3.17. The number of amides is 1. The number of methoxy groups -OCH3 is 1. The minimum atomic E-state index is 0.0576. The van der Waals surface area contributed by atoms with Crippen LogP contribution in [0.4, 0.5) is 0 Å². The lowest BCUT2D eigenvalue weighted by Crippen LogP contribution is -2.41. The molecule has 6 nitrogen and oxygen atoms in total. The molecule has 1 saturated heterocycles. The maximum Gasteiger partial charge on any atom is 0.248 e. The molecule has 3 heterocycles. The van der Waals surface area contributed by atoms with Gasteiger partial charge in [-0.25, -0.2) is 0 Å². The van der Waals surface area contributed by atoms with Crippen LogP contribution in [0.25, 0.3) is 11.1 Å². The van der Waals surface area contributed by atoms with Crippen LogP contribution in [-0.2, 0) is 9.53 Å². The summed E-state index contributed by atoms with van der Waals surface area (Å²) in [6.45, 7) is 1.69. The molecule has 1 atom stereocenters. The van der Waals surface area contributed by atoms with Gasteiger partial charge in [0.2, 0.25) is 5.91 Å². The fraction of sp³-hybridized carbons (Fsp3) is 0.438. The van der Waals surface area contributed by atoms with Gasteiger partial charge in [-0.15, -0.1) is 0 Å². The summed E-state index contributed by atoms with van der Waals surface area (Å²) in [5, 5.41) is 6.75. The Kier molecular flexibility index (Phi) is 4.48. The highest BCUT2D eigenvalue weighted by atomic mass is 16.5. The summed E-state index contributed by atoms with van der Waals surface area (Å²) in [7, 11) is 1.55. The van der Waals surface area contributed by atoms with E-state index in [9.17, 15) is 4.79 Å². The maximum absolute atomic E-state index is 12.0. The Morgan fingerprint density at radius 2 is 2.32 bits per heavy atom. The predicted molar refractivity (Wildman–Crippen MR) is 82.2 cm³/mol. The molecule has 0 aliphatic carbocycles. The van der Waals surface area contributed by atoms with E-state index in [4.69, 9.17) is 4.74 Å². The van der Waals surface area contributed by atoms with Crippen LogP contribution < -0.4 is 0 Å². The van der Waals surface area contributed by atoms with Gasteiger partial charge in [-0.05, 0) is 18.9 Å². The van der Waals surface area contributed by atoms with Gasteiger partial charge in [0.1, 0.15) is 6.61 Å². The van der Waals surface area contributed by atoms with Crippen molar-refractivity contribution in [3.8, 4) is 11.1 Å². The fourth-order valence-electron chi connectivity index (χ4n) is 2.89. The van der Waals surface area contributed by atoms with Crippen LogP contribution in [0.1, 0.15) is 24.5 Å². The van der Waals surface area contributed by atoms with E-state index in [1.165, 1.54) is 0 Å².